The van der Waals surface area contributed by atoms with Gasteiger partial charge in [-0.1, -0.05) is 41.9 Å². The van der Waals surface area contributed by atoms with Crippen LogP contribution in [-0.4, -0.2) is 55.8 Å². The maximum atomic E-state index is 14.2. The van der Waals surface area contributed by atoms with Crippen LogP contribution in [0, 0.1) is 0 Å². The van der Waals surface area contributed by atoms with Crippen molar-refractivity contribution < 1.29 is 12.8 Å². The van der Waals surface area contributed by atoms with Crippen molar-refractivity contribution in [3.05, 3.63) is 65.2 Å². The molecule has 0 amide bonds. The monoisotopic (exact) mass is 477 g/mol. The standard InChI is InChI=1S/C22H25ClFN5O2S/c1-26-22(25)19-21(32(30,31)28-13-5-8-17(24)14-28)20(15-6-3-2-4-7-15)29(27-19)18-11-9-16(23)10-12-18/h2-4,6-7,9-12,17,20-21H,5,8,13-14H2,1H3,(H2,25,26). The van der Waals surface area contributed by atoms with Crippen LogP contribution in [0.5, 0.6) is 0 Å². The molecule has 32 heavy (non-hydrogen) atoms. The van der Waals surface area contributed by atoms with E-state index in [1.807, 2.05) is 30.3 Å². The Kier molecular flexibility index (Phi) is 6.50. The molecule has 2 aromatic carbocycles. The summed E-state index contributed by atoms with van der Waals surface area (Å²) in [5.74, 6) is 0.0322. The van der Waals surface area contributed by atoms with Crippen molar-refractivity contribution in [2.45, 2.75) is 30.3 Å². The molecule has 1 saturated heterocycles. The van der Waals surface area contributed by atoms with Crippen molar-refractivity contribution in [1.29, 1.82) is 0 Å². The van der Waals surface area contributed by atoms with E-state index in [-0.39, 0.29) is 24.6 Å². The quantitative estimate of drug-likeness (QED) is 0.528. The van der Waals surface area contributed by atoms with Gasteiger partial charge in [0.1, 0.15) is 29.0 Å². The number of halogens is 2. The molecule has 3 unspecified atom stereocenters. The molecule has 0 saturated carbocycles. The summed E-state index contributed by atoms with van der Waals surface area (Å²) in [6.45, 7) is 0.0932. The van der Waals surface area contributed by atoms with Crippen LogP contribution in [-0.2, 0) is 10.0 Å². The average Bonchev–Trinajstić information content (AvgIpc) is 3.21. The molecule has 0 aromatic heterocycles. The Balaban J connectivity index is 1.88. The van der Waals surface area contributed by atoms with Crippen LogP contribution in [0.3, 0.4) is 0 Å². The van der Waals surface area contributed by atoms with Gasteiger partial charge in [0.25, 0.3) is 0 Å². The molecule has 0 bridgehead atoms. The highest BCUT2D eigenvalue weighted by molar-refractivity contribution is 7.90. The minimum Gasteiger partial charge on any atom is -0.382 e. The number of nitrogens with two attached hydrogens (primary N) is 1. The minimum atomic E-state index is -4.01. The van der Waals surface area contributed by atoms with Crippen molar-refractivity contribution in [3.8, 4) is 0 Å². The number of piperidine rings is 1. The number of rotatable bonds is 5. The Morgan fingerprint density at radius 2 is 1.88 bits per heavy atom. The van der Waals surface area contributed by atoms with Gasteiger partial charge >= 0.3 is 0 Å². The van der Waals surface area contributed by atoms with E-state index < -0.39 is 27.5 Å². The molecule has 0 spiro atoms. The lowest BCUT2D eigenvalue weighted by molar-refractivity contribution is 0.202. The highest BCUT2D eigenvalue weighted by atomic mass is 35.5. The molecule has 0 radical (unpaired) electrons. The normalized spacial score (nSPS) is 25.1. The maximum Gasteiger partial charge on any atom is 0.225 e. The number of aliphatic imine (C=N–C) groups is 1. The Labute approximate surface area is 192 Å². The molecule has 10 heteroatoms. The predicted molar refractivity (Wildman–Crippen MR) is 127 cm³/mol. The third-order valence-corrected chi connectivity index (χ3v) is 8.20. The Morgan fingerprint density at radius 3 is 2.50 bits per heavy atom. The number of sulfonamides is 1. The van der Waals surface area contributed by atoms with Crippen molar-refractivity contribution in [2.24, 2.45) is 15.8 Å². The van der Waals surface area contributed by atoms with Crippen molar-refractivity contribution in [2.75, 3.05) is 25.1 Å². The molecular weight excluding hydrogens is 453 g/mol. The van der Waals surface area contributed by atoms with Crippen molar-refractivity contribution >= 4 is 38.9 Å². The Hall–Kier alpha value is -2.49. The van der Waals surface area contributed by atoms with E-state index in [0.717, 1.165) is 5.56 Å². The Bertz CT molecular complexity index is 1120. The molecule has 7 nitrogen and oxygen atoms in total. The topological polar surface area (TPSA) is 91.4 Å². The fourth-order valence-electron chi connectivity index (χ4n) is 4.19. The van der Waals surface area contributed by atoms with E-state index in [1.54, 1.807) is 29.3 Å². The fourth-order valence-corrected chi connectivity index (χ4v) is 6.44. The van der Waals surface area contributed by atoms with Gasteiger partial charge in [-0.2, -0.15) is 9.41 Å². The molecule has 4 rings (SSSR count). The number of benzene rings is 2. The van der Waals surface area contributed by atoms with E-state index in [2.05, 4.69) is 10.1 Å². The molecule has 2 N–H and O–H groups in total. The molecule has 1 fully saturated rings. The molecule has 2 heterocycles. The average molecular weight is 478 g/mol. The minimum absolute atomic E-state index is 0.0322. The van der Waals surface area contributed by atoms with E-state index in [0.29, 0.717) is 23.6 Å². The summed E-state index contributed by atoms with van der Waals surface area (Å²) in [7, 11) is -2.52. The summed E-state index contributed by atoms with van der Waals surface area (Å²) >= 11 is 6.06. The number of amidine groups is 1. The summed E-state index contributed by atoms with van der Waals surface area (Å²) in [5.41, 5.74) is 7.69. The second kappa shape index (κ2) is 9.17. The third-order valence-electron chi connectivity index (χ3n) is 5.78. The lowest BCUT2D eigenvalue weighted by Crippen LogP contribution is -2.51. The van der Waals surface area contributed by atoms with E-state index >= 15 is 0 Å². The number of alkyl halides is 1. The molecule has 3 atom stereocenters. The van der Waals surface area contributed by atoms with Crippen molar-refractivity contribution in [1.82, 2.24) is 4.31 Å². The first-order valence-corrected chi connectivity index (χ1v) is 12.2. The number of hydrogen-bond donors (Lipinski definition) is 1. The van der Waals surface area contributed by atoms with Crippen LogP contribution in [0.4, 0.5) is 10.1 Å². The molecule has 2 aromatic rings. The van der Waals surface area contributed by atoms with Gasteiger partial charge in [0.2, 0.25) is 10.0 Å². The SMILES string of the molecule is CN=C(N)C1=NN(c2ccc(Cl)cc2)C(c2ccccc2)C1S(=O)(=O)N1CCCC(F)C1. The summed E-state index contributed by atoms with van der Waals surface area (Å²) < 4.78 is 43.2. The lowest BCUT2D eigenvalue weighted by Gasteiger charge is -2.34. The molecular formula is C22H25ClFN5O2S. The zero-order chi connectivity index (χ0) is 22.9. The van der Waals surface area contributed by atoms with Crippen LogP contribution in [0.15, 0.2) is 64.7 Å². The van der Waals surface area contributed by atoms with Crippen LogP contribution < -0.4 is 10.7 Å². The smallest absolute Gasteiger partial charge is 0.225 e. The first-order chi connectivity index (χ1) is 15.3. The van der Waals surface area contributed by atoms with Gasteiger partial charge in [0.05, 0.1) is 5.69 Å². The fraction of sp³-hybridized carbons (Fsp3) is 0.364. The van der Waals surface area contributed by atoms with E-state index in [4.69, 9.17) is 17.3 Å². The second-order valence-corrected chi connectivity index (χ2v) is 10.3. The molecule has 170 valence electrons. The summed E-state index contributed by atoms with van der Waals surface area (Å²) in [4.78, 5) is 4.02. The maximum absolute atomic E-state index is 14.2. The molecule has 2 aliphatic heterocycles. The summed E-state index contributed by atoms with van der Waals surface area (Å²) in [5, 5.41) is 5.67. The van der Waals surface area contributed by atoms with Gasteiger partial charge < -0.3 is 5.73 Å². The summed E-state index contributed by atoms with van der Waals surface area (Å²) in [6.07, 6.45) is -0.372. The number of anilines is 1. The van der Waals surface area contributed by atoms with Crippen LogP contribution >= 0.6 is 11.6 Å². The van der Waals surface area contributed by atoms with Gasteiger partial charge in [-0.3, -0.25) is 10.0 Å². The molecule has 2 aliphatic rings. The largest absolute Gasteiger partial charge is 0.382 e. The molecule has 0 aliphatic carbocycles. The second-order valence-electron chi connectivity index (χ2n) is 7.83. The zero-order valence-corrected chi connectivity index (χ0v) is 19.2. The zero-order valence-electron chi connectivity index (χ0n) is 17.6. The van der Waals surface area contributed by atoms with Gasteiger partial charge in [0, 0.05) is 25.2 Å². The number of nitrogens with zero attached hydrogens (tertiary/aromatic N) is 4. The first kappa shape index (κ1) is 22.7. The summed E-state index contributed by atoms with van der Waals surface area (Å²) in [6, 6.07) is 15.5. The van der Waals surface area contributed by atoms with Crippen LogP contribution in [0.2, 0.25) is 5.02 Å². The lowest BCUT2D eigenvalue weighted by atomic mass is 10.0. The van der Waals surface area contributed by atoms with Gasteiger partial charge in [-0.05, 0) is 42.7 Å². The highest BCUT2D eigenvalue weighted by Gasteiger charge is 2.51. The van der Waals surface area contributed by atoms with E-state index in [9.17, 15) is 12.8 Å². The third kappa shape index (κ3) is 4.24. The van der Waals surface area contributed by atoms with Gasteiger partial charge in [0.15, 0.2) is 0 Å². The van der Waals surface area contributed by atoms with Crippen LogP contribution in [0.25, 0.3) is 0 Å². The highest BCUT2D eigenvalue weighted by Crippen LogP contribution is 2.40. The number of hydrogen-bond acceptors (Lipinski definition) is 5. The van der Waals surface area contributed by atoms with Crippen molar-refractivity contribution in [3.63, 3.8) is 0 Å². The van der Waals surface area contributed by atoms with Gasteiger partial charge in [-0.25, -0.2) is 12.8 Å². The van der Waals surface area contributed by atoms with Gasteiger partial charge in [-0.15, -0.1) is 0 Å². The Morgan fingerprint density at radius 1 is 1.19 bits per heavy atom. The predicted octanol–water partition coefficient (Wildman–Crippen LogP) is 3.38. The first-order valence-electron chi connectivity index (χ1n) is 10.4. The number of hydrazone groups is 1. The van der Waals surface area contributed by atoms with Crippen LogP contribution in [0.1, 0.15) is 24.4 Å². The van der Waals surface area contributed by atoms with E-state index in [1.165, 1.54) is 11.4 Å².